The molecule has 0 bridgehead atoms. The largest absolute Gasteiger partial charge is 0.419 e. The van der Waals surface area contributed by atoms with Crippen LogP contribution in [-0.4, -0.2) is 65.8 Å². The molecule has 226 valence electrons. The van der Waals surface area contributed by atoms with Gasteiger partial charge in [0.1, 0.15) is 5.82 Å². The van der Waals surface area contributed by atoms with Crippen LogP contribution in [0.2, 0.25) is 10.0 Å². The Kier molecular flexibility index (Phi) is 11.0. The fourth-order valence-corrected chi connectivity index (χ4v) is 6.06. The molecule has 12 heteroatoms. The van der Waals surface area contributed by atoms with Crippen molar-refractivity contribution in [1.29, 1.82) is 0 Å². The summed E-state index contributed by atoms with van der Waals surface area (Å²) in [5, 5.41) is 0.642. The second kappa shape index (κ2) is 13.5. The predicted octanol–water partition coefficient (Wildman–Crippen LogP) is 6.97. The first-order valence-corrected chi connectivity index (χ1v) is 14.1. The lowest BCUT2D eigenvalue weighted by Gasteiger charge is -2.39. The summed E-state index contributed by atoms with van der Waals surface area (Å²) in [6, 6.07) is 8.03. The van der Waals surface area contributed by atoms with E-state index in [0.717, 1.165) is 51.0 Å². The summed E-state index contributed by atoms with van der Waals surface area (Å²) < 4.78 is 53.5. The molecule has 2 fully saturated rings. The monoisotopic (exact) mass is 637 g/mol. The highest BCUT2D eigenvalue weighted by Gasteiger charge is 2.39. The first-order valence-electron chi connectivity index (χ1n) is 13.4. The van der Waals surface area contributed by atoms with Crippen LogP contribution in [0.1, 0.15) is 55.7 Å². The van der Waals surface area contributed by atoms with Crippen molar-refractivity contribution in [2.75, 3.05) is 33.2 Å². The Labute approximate surface area is 254 Å². The number of benzene rings is 2. The third-order valence-electron chi connectivity index (χ3n) is 8.17. The predicted molar refractivity (Wildman–Crippen MR) is 154 cm³/mol. The lowest BCUT2D eigenvalue weighted by atomic mass is 9.77. The van der Waals surface area contributed by atoms with Crippen LogP contribution in [0.25, 0.3) is 0 Å². The number of halogens is 7. The van der Waals surface area contributed by atoms with Gasteiger partial charge < -0.3 is 14.7 Å². The van der Waals surface area contributed by atoms with Gasteiger partial charge in [0, 0.05) is 45.7 Å². The average molecular weight is 639 g/mol. The quantitative estimate of drug-likeness (QED) is 0.294. The van der Waals surface area contributed by atoms with Crippen molar-refractivity contribution >= 4 is 47.4 Å². The van der Waals surface area contributed by atoms with Gasteiger partial charge in [-0.2, -0.15) is 13.2 Å². The second-order valence-corrected chi connectivity index (χ2v) is 11.8. The molecule has 0 spiro atoms. The van der Waals surface area contributed by atoms with Crippen LogP contribution in [0.15, 0.2) is 36.4 Å². The third kappa shape index (κ3) is 7.66. The Morgan fingerprint density at radius 3 is 2.32 bits per heavy atom. The first kappa shape index (κ1) is 33.4. The standard InChI is InChI=1S/C29H33Cl2F4N3O2.ClH/c1-28(20-6-7-23(30)24(31)17-20,11-15-37-13-9-21(10-14-37)38-12-3-4-26(38)39)27(40)36(2)18-19-5-8-25(32)22(16-19)29(33,34)35;/h5-8,16-17,21H,3-4,9-15,18H2,1-2H3;1H/t28-;/m1./s1. The smallest absolute Gasteiger partial charge is 0.341 e. The number of alkyl halides is 3. The molecule has 2 aromatic rings. The van der Waals surface area contributed by atoms with Gasteiger partial charge in [-0.05, 0) is 74.5 Å². The summed E-state index contributed by atoms with van der Waals surface area (Å²) >= 11 is 12.4. The number of piperidine rings is 1. The molecule has 41 heavy (non-hydrogen) atoms. The van der Waals surface area contributed by atoms with E-state index in [-0.39, 0.29) is 42.4 Å². The van der Waals surface area contributed by atoms with E-state index in [2.05, 4.69) is 4.90 Å². The summed E-state index contributed by atoms with van der Waals surface area (Å²) in [6.07, 6.45) is -1.14. The molecule has 5 nitrogen and oxygen atoms in total. The molecule has 0 N–H and O–H groups in total. The third-order valence-corrected chi connectivity index (χ3v) is 8.91. The Balaban J connectivity index is 0.00000462. The molecular formula is C29H34Cl3F4N3O2. The molecule has 0 saturated carbocycles. The van der Waals surface area contributed by atoms with Gasteiger partial charge in [-0.25, -0.2) is 4.39 Å². The van der Waals surface area contributed by atoms with E-state index in [1.165, 1.54) is 18.0 Å². The number of hydrogen-bond acceptors (Lipinski definition) is 3. The zero-order valence-corrected chi connectivity index (χ0v) is 25.3. The van der Waals surface area contributed by atoms with Crippen LogP contribution in [0.5, 0.6) is 0 Å². The van der Waals surface area contributed by atoms with E-state index in [1.54, 1.807) is 25.1 Å². The van der Waals surface area contributed by atoms with E-state index in [4.69, 9.17) is 23.2 Å². The SMILES string of the molecule is CN(Cc1ccc(F)c(C(F)(F)F)c1)C(=O)[C@](C)(CCN1CCC(N2CCCC2=O)CC1)c1ccc(Cl)c(Cl)c1.Cl. The van der Waals surface area contributed by atoms with E-state index in [1.807, 2.05) is 4.90 Å². The minimum absolute atomic E-state index is 0. The van der Waals surface area contributed by atoms with Crippen LogP contribution < -0.4 is 0 Å². The van der Waals surface area contributed by atoms with Crippen LogP contribution in [-0.2, 0) is 27.7 Å². The maximum Gasteiger partial charge on any atom is 0.419 e. The summed E-state index contributed by atoms with van der Waals surface area (Å²) in [5.74, 6) is -1.44. The molecule has 0 aliphatic carbocycles. The minimum Gasteiger partial charge on any atom is -0.341 e. The molecule has 0 radical (unpaired) electrons. The van der Waals surface area contributed by atoms with Crippen molar-refractivity contribution in [3.05, 3.63) is 69.0 Å². The van der Waals surface area contributed by atoms with Gasteiger partial charge in [-0.15, -0.1) is 12.4 Å². The van der Waals surface area contributed by atoms with Crippen LogP contribution in [0.4, 0.5) is 17.6 Å². The van der Waals surface area contributed by atoms with Crippen molar-refractivity contribution in [2.45, 2.75) is 63.2 Å². The van der Waals surface area contributed by atoms with Gasteiger partial charge in [0.25, 0.3) is 0 Å². The zero-order chi connectivity index (χ0) is 29.2. The molecule has 2 aliphatic heterocycles. The first-order chi connectivity index (χ1) is 18.8. The number of amides is 2. The van der Waals surface area contributed by atoms with Crippen molar-refractivity contribution in [1.82, 2.24) is 14.7 Å². The molecule has 2 aliphatic rings. The Bertz CT molecular complexity index is 1250. The van der Waals surface area contributed by atoms with Crippen LogP contribution in [0.3, 0.4) is 0 Å². The molecule has 0 aromatic heterocycles. The number of carbonyl (C=O) groups excluding carboxylic acids is 2. The highest BCUT2D eigenvalue weighted by atomic mass is 35.5. The van der Waals surface area contributed by atoms with Crippen LogP contribution >= 0.6 is 35.6 Å². The van der Waals surface area contributed by atoms with Gasteiger partial charge >= 0.3 is 6.18 Å². The van der Waals surface area contributed by atoms with Crippen molar-refractivity contribution in [3.63, 3.8) is 0 Å². The second-order valence-electron chi connectivity index (χ2n) is 10.9. The lowest BCUT2D eigenvalue weighted by molar-refractivity contribution is -0.140. The Hall–Kier alpha value is -2.07. The summed E-state index contributed by atoms with van der Waals surface area (Å²) in [5.41, 5.74) is -1.61. The molecule has 2 heterocycles. The zero-order valence-electron chi connectivity index (χ0n) is 22.9. The van der Waals surface area contributed by atoms with Gasteiger partial charge in [0.05, 0.1) is 21.0 Å². The molecule has 1 atom stereocenters. The van der Waals surface area contributed by atoms with Crippen molar-refractivity contribution < 1.29 is 27.2 Å². The highest BCUT2D eigenvalue weighted by Crippen LogP contribution is 2.36. The molecule has 2 aromatic carbocycles. The van der Waals surface area contributed by atoms with Gasteiger partial charge in [0.2, 0.25) is 11.8 Å². The molecule has 0 unspecified atom stereocenters. The van der Waals surface area contributed by atoms with Gasteiger partial charge in [0.15, 0.2) is 0 Å². The maximum atomic E-state index is 13.9. The van der Waals surface area contributed by atoms with E-state index in [9.17, 15) is 27.2 Å². The molecule has 4 rings (SSSR count). The van der Waals surface area contributed by atoms with Gasteiger partial charge in [-0.3, -0.25) is 9.59 Å². The molecule has 2 amide bonds. The van der Waals surface area contributed by atoms with Crippen LogP contribution in [0, 0.1) is 5.82 Å². The van der Waals surface area contributed by atoms with Crippen molar-refractivity contribution in [2.24, 2.45) is 0 Å². The van der Waals surface area contributed by atoms with Gasteiger partial charge in [-0.1, -0.05) is 35.3 Å². The number of rotatable bonds is 8. The van der Waals surface area contributed by atoms with E-state index in [0.29, 0.717) is 35.0 Å². The fourth-order valence-electron chi connectivity index (χ4n) is 5.76. The van der Waals surface area contributed by atoms with E-state index < -0.39 is 23.0 Å². The van der Waals surface area contributed by atoms with Crippen molar-refractivity contribution in [3.8, 4) is 0 Å². The summed E-state index contributed by atoms with van der Waals surface area (Å²) in [7, 11) is 1.52. The maximum absolute atomic E-state index is 13.9. The number of likely N-dealkylation sites (tertiary alicyclic amines) is 2. The number of carbonyl (C=O) groups is 2. The minimum atomic E-state index is -4.84. The number of nitrogens with zero attached hydrogens (tertiary/aromatic N) is 3. The number of likely N-dealkylation sites (N-methyl/N-ethyl adjacent to an activating group) is 1. The normalized spacial score (nSPS) is 18.2. The van der Waals surface area contributed by atoms with E-state index >= 15 is 0 Å². The average Bonchev–Trinajstić information content (AvgIpc) is 3.34. The Morgan fingerprint density at radius 1 is 1.05 bits per heavy atom. The molecular weight excluding hydrogens is 605 g/mol. The topological polar surface area (TPSA) is 43.9 Å². The lowest BCUT2D eigenvalue weighted by Crippen LogP contribution is -2.48. The summed E-state index contributed by atoms with van der Waals surface area (Å²) in [4.78, 5) is 31.7. The molecule has 2 saturated heterocycles. The number of hydrogen-bond donors (Lipinski definition) is 0. The Morgan fingerprint density at radius 2 is 1.73 bits per heavy atom. The summed E-state index contributed by atoms with van der Waals surface area (Å²) in [6.45, 7) is 4.68. The highest BCUT2D eigenvalue weighted by molar-refractivity contribution is 6.42. The fraction of sp³-hybridized carbons (Fsp3) is 0.517.